The van der Waals surface area contributed by atoms with Crippen LogP contribution in [0.15, 0.2) is 0 Å². The predicted molar refractivity (Wildman–Crippen MR) is 62.8 cm³/mol. The Balaban J connectivity index is 0. The van der Waals surface area contributed by atoms with Gasteiger partial charge in [0.05, 0.1) is 6.61 Å². The van der Waals surface area contributed by atoms with Crippen LogP contribution in [0.1, 0.15) is 34.1 Å². The molecule has 0 unspecified atom stereocenters. The number of esters is 1. The molecule has 4 nitrogen and oxygen atoms in total. The highest BCUT2D eigenvalue weighted by molar-refractivity contribution is 5.77. The summed E-state index contributed by atoms with van der Waals surface area (Å²) in [5.41, 5.74) is 0. The van der Waals surface area contributed by atoms with Crippen LogP contribution >= 0.6 is 0 Å². The summed E-state index contributed by atoms with van der Waals surface area (Å²) in [6.45, 7) is 8.42. The van der Waals surface area contributed by atoms with Gasteiger partial charge in [0.1, 0.15) is 0 Å². The van der Waals surface area contributed by atoms with Crippen molar-refractivity contribution in [3.05, 3.63) is 0 Å². The maximum atomic E-state index is 11.6. The van der Waals surface area contributed by atoms with Gasteiger partial charge in [0.25, 0.3) is 5.79 Å². The van der Waals surface area contributed by atoms with Crippen LogP contribution in [0.4, 0.5) is 0 Å². The topological polar surface area (TPSA) is 44.8 Å². The van der Waals surface area contributed by atoms with Gasteiger partial charge in [0.15, 0.2) is 17.4 Å². The van der Waals surface area contributed by atoms with Crippen molar-refractivity contribution in [2.45, 2.75) is 39.9 Å². The third kappa shape index (κ3) is 4.99. The molecule has 0 aliphatic carbocycles. The van der Waals surface area contributed by atoms with Crippen molar-refractivity contribution < 1.29 is 19.0 Å². The fraction of sp³-hybridized carbons (Fsp3) is 0.900. The fourth-order valence-electron chi connectivity index (χ4n) is 1.22. The van der Waals surface area contributed by atoms with Gasteiger partial charge in [-0.2, -0.15) is 0 Å². The van der Waals surface area contributed by atoms with Crippen LogP contribution in [0.25, 0.3) is 0 Å². The highest BCUT2D eigenvalue weighted by Crippen LogP contribution is 2.20. The summed E-state index contributed by atoms with van der Waals surface area (Å²) in [6, 6.07) is 0. The molecule has 0 N–H and O–H groups in total. The Morgan fingerprint density at radius 1 is 1.00 bits per heavy atom. The third-order valence-electron chi connectivity index (χ3n) is 1.81. The first-order chi connectivity index (χ1) is 6.66. The average molecular weight is 234 g/mol. The van der Waals surface area contributed by atoms with Crippen molar-refractivity contribution in [2.75, 3.05) is 19.8 Å². The van der Waals surface area contributed by atoms with Gasteiger partial charge in [-0.1, -0.05) is 6.92 Å². The van der Waals surface area contributed by atoms with E-state index in [9.17, 15) is 4.79 Å². The molecule has 0 atom stereocenters. The quantitative estimate of drug-likeness (QED) is 0.366. The van der Waals surface area contributed by atoms with Crippen molar-refractivity contribution in [1.82, 2.24) is 0 Å². The maximum Gasteiger partial charge on any atom is 0.366 e. The van der Waals surface area contributed by atoms with Crippen LogP contribution in [0.5, 0.6) is 0 Å². The highest BCUT2D eigenvalue weighted by Gasteiger charge is 2.40. The molecule has 15 heavy (non-hydrogen) atoms. The van der Waals surface area contributed by atoms with E-state index < -0.39 is 11.8 Å². The molecule has 0 saturated carbocycles. The summed E-state index contributed by atoms with van der Waals surface area (Å²) in [6.07, 6.45) is 0.452. The van der Waals surface area contributed by atoms with Crippen LogP contribution in [-0.2, 0) is 19.0 Å². The molecule has 5 heteroatoms. The standard InChI is InChI=1S/C10H20O4.Al.3H/c1-5-10(13-7-3,14-8-4)9(11)12-6-2;;;;/h5-8H2,1-4H3;;;;. The van der Waals surface area contributed by atoms with Gasteiger partial charge in [-0.25, -0.2) is 4.79 Å². The predicted octanol–water partition coefficient (Wildman–Crippen LogP) is 0.545. The Bertz CT molecular complexity index is 167. The number of carbonyl (C=O) groups excluding carboxylic acids is 1. The van der Waals surface area contributed by atoms with Gasteiger partial charge in [0, 0.05) is 19.6 Å². The zero-order valence-electron chi connectivity index (χ0n) is 9.46. The molecule has 0 radical (unpaired) electrons. The van der Waals surface area contributed by atoms with E-state index in [4.69, 9.17) is 14.2 Å². The van der Waals surface area contributed by atoms with Crippen LogP contribution in [0, 0.1) is 0 Å². The molecule has 0 fully saturated rings. The summed E-state index contributed by atoms with van der Waals surface area (Å²) in [4.78, 5) is 11.6. The van der Waals surface area contributed by atoms with Crippen LogP contribution < -0.4 is 0 Å². The minimum atomic E-state index is -1.21. The lowest BCUT2D eigenvalue weighted by Gasteiger charge is -2.29. The summed E-state index contributed by atoms with van der Waals surface area (Å²) in [5.74, 6) is -1.65. The van der Waals surface area contributed by atoms with E-state index >= 15 is 0 Å². The van der Waals surface area contributed by atoms with Crippen molar-refractivity contribution in [1.29, 1.82) is 0 Å². The van der Waals surface area contributed by atoms with Crippen molar-refractivity contribution >= 4 is 23.3 Å². The molecule has 0 rings (SSSR count). The Morgan fingerprint density at radius 2 is 1.47 bits per heavy atom. The molecule has 0 aliphatic rings. The number of carbonyl (C=O) groups is 1. The molecule has 0 heterocycles. The van der Waals surface area contributed by atoms with Gasteiger partial charge in [-0.15, -0.1) is 0 Å². The zero-order chi connectivity index (χ0) is 11.0. The average Bonchev–Trinajstić information content (AvgIpc) is 2.17. The molecular weight excluding hydrogens is 211 g/mol. The molecule has 0 saturated heterocycles. The monoisotopic (exact) mass is 234 g/mol. The minimum Gasteiger partial charge on any atom is -0.462 e. The zero-order valence-corrected chi connectivity index (χ0v) is 9.46. The Hall–Kier alpha value is -0.0775. The van der Waals surface area contributed by atoms with Gasteiger partial charge >= 0.3 is 5.97 Å². The number of ether oxygens (including phenoxy) is 3. The Kier molecular flexibility index (Phi) is 10.6. The lowest BCUT2D eigenvalue weighted by Crippen LogP contribution is -2.45. The first-order valence-electron chi connectivity index (χ1n) is 5.11. The van der Waals surface area contributed by atoms with Crippen LogP contribution in [0.3, 0.4) is 0 Å². The summed E-state index contributed by atoms with van der Waals surface area (Å²) < 4.78 is 15.6. The van der Waals surface area contributed by atoms with Crippen molar-refractivity contribution in [3.63, 3.8) is 0 Å². The van der Waals surface area contributed by atoms with Crippen LogP contribution in [-0.4, -0.2) is 48.9 Å². The lowest BCUT2D eigenvalue weighted by atomic mass is 10.2. The largest absolute Gasteiger partial charge is 0.462 e. The van der Waals surface area contributed by atoms with Crippen molar-refractivity contribution in [2.24, 2.45) is 0 Å². The second-order valence-electron chi connectivity index (χ2n) is 2.69. The third-order valence-corrected chi connectivity index (χ3v) is 1.81. The van der Waals surface area contributed by atoms with E-state index in [1.165, 1.54) is 0 Å². The van der Waals surface area contributed by atoms with Crippen molar-refractivity contribution in [3.8, 4) is 0 Å². The molecule has 0 aromatic carbocycles. The van der Waals surface area contributed by atoms with E-state index in [-0.39, 0.29) is 17.4 Å². The molecule has 0 aromatic rings. The van der Waals surface area contributed by atoms with E-state index in [0.29, 0.717) is 26.2 Å². The molecule has 0 amide bonds. The molecular formula is C10H23AlO4. The van der Waals surface area contributed by atoms with E-state index in [0.717, 1.165) is 0 Å². The van der Waals surface area contributed by atoms with E-state index in [2.05, 4.69) is 0 Å². The SMILES string of the molecule is CCOC(=O)C(CC)(OCC)OCC.[AlH3]. The Morgan fingerprint density at radius 3 is 1.73 bits per heavy atom. The number of rotatable bonds is 7. The first-order valence-corrected chi connectivity index (χ1v) is 5.11. The molecule has 0 aromatic heterocycles. The normalized spacial score (nSPS) is 10.7. The molecule has 90 valence electrons. The van der Waals surface area contributed by atoms with Gasteiger partial charge in [-0.3, -0.25) is 0 Å². The van der Waals surface area contributed by atoms with Gasteiger partial charge in [-0.05, 0) is 20.8 Å². The molecule has 0 aliphatic heterocycles. The molecule has 0 spiro atoms. The second kappa shape index (κ2) is 9.17. The van der Waals surface area contributed by atoms with Crippen LogP contribution in [0.2, 0.25) is 0 Å². The fourth-order valence-corrected chi connectivity index (χ4v) is 1.22. The Labute approximate surface area is 102 Å². The lowest BCUT2D eigenvalue weighted by molar-refractivity contribution is -0.246. The maximum absolute atomic E-state index is 11.6. The molecule has 0 bridgehead atoms. The van der Waals surface area contributed by atoms with Gasteiger partial charge < -0.3 is 14.2 Å². The van der Waals surface area contributed by atoms with Gasteiger partial charge in [0.2, 0.25) is 0 Å². The summed E-state index contributed by atoms with van der Waals surface area (Å²) in [7, 11) is 0. The minimum absolute atomic E-state index is 0. The van der Waals surface area contributed by atoms with E-state index in [1.54, 1.807) is 6.92 Å². The smallest absolute Gasteiger partial charge is 0.366 e. The second-order valence-corrected chi connectivity index (χ2v) is 2.69. The summed E-state index contributed by atoms with van der Waals surface area (Å²) in [5, 5.41) is 0. The highest BCUT2D eigenvalue weighted by atomic mass is 27.0. The van der Waals surface area contributed by atoms with E-state index in [1.807, 2.05) is 20.8 Å². The number of hydrogen-bond acceptors (Lipinski definition) is 4. The number of hydrogen-bond donors (Lipinski definition) is 0. The first kappa shape index (κ1) is 17.3. The summed E-state index contributed by atoms with van der Waals surface area (Å²) >= 11 is 0.